The van der Waals surface area contributed by atoms with Crippen molar-refractivity contribution >= 4 is 11.6 Å². The van der Waals surface area contributed by atoms with Gasteiger partial charge in [0.15, 0.2) is 5.82 Å². The Kier molecular flexibility index (Phi) is 2.80. The second kappa shape index (κ2) is 4.11. The first-order chi connectivity index (χ1) is 7.61. The molecule has 1 aliphatic heterocycles. The van der Waals surface area contributed by atoms with E-state index in [1.807, 2.05) is 4.90 Å². The molecule has 1 saturated heterocycles. The van der Waals surface area contributed by atoms with Gasteiger partial charge in [-0.15, -0.1) is 0 Å². The van der Waals surface area contributed by atoms with Crippen molar-refractivity contribution in [2.24, 2.45) is 7.05 Å². The van der Waals surface area contributed by atoms with Crippen LogP contribution in [0.4, 0.5) is 11.6 Å². The number of rotatable bonds is 2. The molecule has 0 N–H and O–H groups in total. The van der Waals surface area contributed by atoms with Crippen LogP contribution in [0.1, 0.15) is 25.1 Å². The maximum absolute atomic E-state index is 11.0. The number of aryl methyl sites for hydroxylation is 1. The Balaban J connectivity index is 2.38. The van der Waals surface area contributed by atoms with Gasteiger partial charge in [0.05, 0.1) is 7.05 Å². The monoisotopic (exact) mass is 224 g/mol. The highest BCUT2D eigenvalue weighted by Gasteiger charge is 2.27. The molecule has 0 saturated carbocycles. The Morgan fingerprint density at radius 3 is 2.50 bits per heavy atom. The SMILES string of the molecule is Cc1nc(N2CCCCC2)c([N+](=O)[O-])n1C. The van der Waals surface area contributed by atoms with Crippen LogP contribution in [0.2, 0.25) is 0 Å². The summed E-state index contributed by atoms with van der Waals surface area (Å²) in [6.07, 6.45) is 3.38. The molecule has 0 bridgehead atoms. The van der Waals surface area contributed by atoms with Crippen molar-refractivity contribution in [3.05, 3.63) is 15.9 Å². The molecule has 6 nitrogen and oxygen atoms in total. The normalized spacial score (nSPS) is 16.5. The van der Waals surface area contributed by atoms with Crippen LogP contribution in [0.5, 0.6) is 0 Å². The zero-order valence-corrected chi connectivity index (χ0v) is 9.64. The van der Waals surface area contributed by atoms with Gasteiger partial charge < -0.3 is 15.0 Å². The molecule has 0 aliphatic carbocycles. The number of hydrogen-bond acceptors (Lipinski definition) is 4. The van der Waals surface area contributed by atoms with E-state index in [0.29, 0.717) is 11.6 Å². The molecule has 1 aromatic heterocycles. The lowest BCUT2D eigenvalue weighted by atomic mass is 10.1. The van der Waals surface area contributed by atoms with E-state index < -0.39 is 0 Å². The molecule has 1 aromatic rings. The Labute approximate surface area is 94.0 Å². The van der Waals surface area contributed by atoms with E-state index in [0.717, 1.165) is 25.9 Å². The van der Waals surface area contributed by atoms with Crippen molar-refractivity contribution in [1.29, 1.82) is 0 Å². The standard InChI is InChI=1S/C10H16N4O2/c1-8-11-9(10(12(8)2)14(15)16)13-6-4-3-5-7-13/h3-7H2,1-2H3. The summed E-state index contributed by atoms with van der Waals surface area (Å²) in [6.45, 7) is 3.54. The molecule has 0 amide bonds. The molecule has 0 atom stereocenters. The Morgan fingerprint density at radius 2 is 1.94 bits per heavy atom. The van der Waals surface area contributed by atoms with Gasteiger partial charge in [0.1, 0.15) is 0 Å². The first-order valence-corrected chi connectivity index (χ1v) is 5.54. The zero-order valence-electron chi connectivity index (χ0n) is 9.64. The fourth-order valence-corrected chi connectivity index (χ4v) is 2.10. The van der Waals surface area contributed by atoms with Crippen LogP contribution in [-0.4, -0.2) is 27.6 Å². The van der Waals surface area contributed by atoms with Gasteiger partial charge in [-0.3, -0.25) is 0 Å². The molecular formula is C10H16N4O2. The van der Waals surface area contributed by atoms with Crippen molar-refractivity contribution < 1.29 is 4.92 Å². The highest BCUT2D eigenvalue weighted by molar-refractivity contribution is 5.55. The lowest BCUT2D eigenvalue weighted by molar-refractivity contribution is -0.391. The summed E-state index contributed by atoms with van der Waals surface area (Å²) in [5.41, 5.74) is 0. The third-order valence-corrected chi connectivity index (χ3v) is 3.10. The van der Waals surface area contributed by atoms with E-state index in [1.165, 1.54) is 6.42 Å². The molecule has 88 valence electrons. The van der Waals surface area contributed by atoms with Gasteiger partial charge in [-0.25, -0.2) is 4.57 Å². The van der Waals surface area contributed by atoms with Crippen LogP contribution in [-0.2, 0) is 7.05 Å². The summed E-state index contributed by atoms with van der Waals surface area (Å²) in [6, 6.07) is 0. The van der Waals surface area contributed by atoms with Crippen molar-refractivity contribution in [3.8, 4) is 0 Å². The molecule has 0 unspecified atom stereocenters. The predicted molar refractivity (Wildman–Crippen MR) is 60.7 cm³/mol. The average molecular weight is 224 g/mol. The quantitative estimate of drug-likeness (QED) is 0.565. The summed E-state index contributed by atoms with van der Waals surface area (Å²) < 4.78 is 1.55. The predicted octanol–water partition coefficient (Wildman–Crippen LogP) is 1.63. The summed E-state index contributed by atoms with van der Waals surface area (Å²) in [5, 5.41) is 11.0. The van der Waals surface area contributed by atoms with Crippen LogP contribution in [0.15, 0.2) is 0 Å². The summed E-state index contributed by atoms with van der Waals surface area (Å²) >= 11 is 0. The number of aromatic nitrogens is 2. The van der Waals surface area contributed by atoms with Crippen molar-refractivity contribution in [3.63, 3.8) is 0 Å². The van der Waals surface area contributed by atoms with Crippen LogP contribution >= 0.6 is 0 Å². The van der Waals surface area contributed by atoms with Gasteiger partial charge in [-0.05, 0) is 24.2 Å². The van der Waals surface area contributed by atoms with Gasteiger partial charge in [0.2, 0.25) is 5.82 Å². The van der Waals surface area contributed by atoms with Crippen molar-refractivity contribution in [2.45, 2.75) is 26.2 Å². The number of hydrogen-bond donors (Lipinski definition) is 0. The van der Waals surface area contributed by atoms with Gasteiger partial charge >= 0.3 is 5.82 Å². The first-order valence-electron chi connectivity index (χ1n) is 5.54. The molecule has 6 heteroatoms. The number of anilines is 1. The molecular weight excluding hydrogens is 208 g/mol. The Morgan fingerprint density at radius 1 is 1.31 bits per heavy atom. The van der Waals surface area contributed by atoms with Crippen LogP contribution < -0.4 is 4.90 Å². The smallest absolute Gasteiger partial charge is 0.358 e. The third kappa shape index (κ3) is 1.75. The van der Waals surface area contributed by atoms with Gasteiger partial charge in [0, 0.05) is 20.0 Å². The lowest BCUT2D eigenvalue weighted by Gasteiger charge is -2.25. The third-order valence-electron chi connectivity index (χ3n) is 3.10. The second-order valence-electron chi connectivity index (χ2n) is 4.17. The van der Waals surface area contributed by atoms with E-state index in [2.05, 4.69) is 4.98 Å². The second-order valence-corrected chi connectivity index (χ2v) is 4.17. The summed E-state index contributed by atoms with van der Waals surface area (Å²) in [4.78, 5) is 17.0. The topological polar surface area (TPSA) is 64.2 Å². The van der Waals surface area contributed by atoms with E-state index in [9.17, 15) is 10.1 Å². The number of piperidine rings is 1. The molecule has 0 spiro atoms. The van der Waals surface area contributed by atoms with Crippen LogP contribution in [0, 0.1) is 17.0 Å². The number of nitro groups is 1. The average Bonchev–Trinajstić information content (AvgIpc) is 2.57. The van der Waals surface area contributed by atoms with E-state index >= 15 is 0 Å². The van der Waals surface area contributed by atoms with Gasteiger partial charge in [-0.1, -0.05) is 0 Å². The van der Waals surface area contributed by atoms with Crippen molar-refractivity contribution in [2.75, 3.05) is 18.0 Å². The van der Waals surface area contributed by atoms with E-state index in [1.54, 1.807) is 18.5 Å². The van der Waals surface area contributed by atoms with E-state index in [4.69, 9.17) is 0 Å². The zero-order chi connectivity index (χ0) is 11.7. The highest BCUT2D eigenvalue weighted by Crippen LogP contribution is 2.29. The maximum atomic E-state index is 11.0. The van der Waals surface area contributed by atoms with Crippen LogP contribution in [0.25, 0.3) is 0 Å². The van der Waals surface area contributed by atoms with Gasteiger partial charge in [0.25, 0.3) is 0 Å². The molecule has 2 rings (SSSR count). The fraction of sp³-hybridized carbons (Fsp3) is 0.700. The molecule has 0 aromatic carbocycles. The van der Waals surface area contributed by atoms with Crippen LogP contribution in [0.3, 0.4) is 0 Å². The molecule has 2 heterocycles. The highest BCUT2D eigenvalue weighted by atomic mass is 16.6. The van der Waals surface area contributed by atoms with E-state index in [-0.39, 0.29) is 10.7 Å². The Hall–Kier alpha value is -1.59. The molecule has 1 fully saturated rings. The molecule has 16 heavy (non-hydrogen) atoms. The minimum Gasteiger partial charge on any atom is -0.358 e. The summed E-state index contributed by atoms with van der Waals surface area (Å²) in [5.74, 6) is 1.33. The summed E-state index contributed by atoms with van der Waals surface area (Å²) in [7, 11) is 1.69. The molecule has 1 aliphatic rings. The lowest BCUT2D eigenvalue weighted by Crippen LogP contribution is -2.30. The number of nitrogens with zero attached hydrogens (tertiary/aromatic N) is 4. The minimum absolute atomic E-state index is 0.111. The van der Waals surface area contributed by atoms with Gasteiger partial charge in [-0.2, -0.15) is 4.98 Å². The first kappa shape index (κ1) is 10.9. The number of imidazole rings is 1. The Bertz CT molecular complexity index is 407. The fourth-order valence-electron chi connectivity index (χ4n) is 2.10. The van der Waals surface area contributed by atoms with Crippen molar-refractivity contribution in [1.82, 2.24) is 9.55 Å². The molecule has 0 radical (unpaired) electrons. The maximum Gasteiger partial charge on any atom is 0.367 e. The largest absolute Gasteiger partial charge is 0.367 e. The minimum atomic E-state index is -0.343.